The molecule has 0 bridgehead atoms. The van der Waals surface area contributed by atoms with Crippen molar-refractivity contribution >= 4 is 45.8 Å². The number of phenols is 1. The Bertz CT molecular complexity index is 1360. The number of azide groups is 1. The molecule has 1 aromatic heterocycles. The molecule has 0 atom stereocenters. The molecule has 1 amide bonds. The SMILES string of the molecule is Cc1cccc(C#Cc2cccc(N(CC(=O)O)C(=O)c3cc(I)c(N=[N+]=[N-])cc3O)c2)n1. The summed E-state index contributed by atoms with van der Waals surface area (Å²) < 4.78 is 0.423. The van der Waals surface area contributed by atoms with Gasteiger partial charge >= 0.3 is 5.97 Å². The zero-order chi connectivity index (χ0) is 24.0. The van der Waals surface area contributed by atoms with E-state index in [4.69, 9.17) is 5.53 Å². The number of nitrogens with zero attached hydrogens (tertiary/aromatic N) is 5. The van der Waals surface area contributed by atoms with Crippen molar-refractivity contribution in [1.82, 2.24) is 4.98 Å². The fraction of sp³-hybridized carbons (Fsp3) is 0.0870. The Labute approximate surface area is 202 Å². The van der Waals surface area contributed by atoms with Crippen LogP contribution < -0.4 is 4.90 Å². The number of aromatic nitrogens is 1. The summed E-state index contributed by atoms with van der Waals surface area (Å²) in [6.07, 6.45) is 0. The predicted octanol–water partition coefficient (Wildman–Crippen LogP) is 4.77. The monoisotopic (exact) mass is 553 g/mol. The van der Waals surface area contributed by atoms with E-state index in [1.807, 2.05) is 41.6 Å². The van der Waals surface area contributed by atoms with Crippen LogP contribution in [0.3, 0.4) is 0 Å². The molecule has 0 aliphatic carbocycles. The number of anilines is 1. The van der Waals surface area contributed by atoms with Crippen LogP contribution in [-0.4, -0.2) is 33.6 Å². The summed E-state index contributed by atoms with van der Waals surface area (Å²) >= 11 is 1.86. The second-order valence-corrected chi connectivity index (χ2v) is 7.92. The summed E-state index contributed by atoms with van der Waals surface area (Å²) in [6, 6.07) is 14.5. The number of carbonyl (C=O) groups excluding carboxylic acids is 1. The van der Waals surface area contributed by atoms with E-state index in [1.54, 1.807) is 30.3 Å². The number of aryl methyl sites for hydroxylation is 1. The third-order valence-electron chi connectivity index (χ3n) is 4.37. The number of carbonyl (C=O) groups is 2. The maximum Gasteiger partial charge on any atom is 0.323 e. The molecule has 2 aromatic carbocycles. The van der Waals surface area contributed by atoms with E-state index in [2.05, 4.69) is 26.9 Å². The smallest absolute Gasteiger partial charge is 0.323 e. The third kappa shape index (κ3) is 6.00. The van der Waals surface area contributed by atoms with Crippen LogP contribution in [0.1, 0.15) is 27.3 Å². The molecule has 2 N–H and O–H groups in total. The number of pyridine rings is 1. The van der Waals surface area contributed by atoms with E-state index in [0.29, 0.717) is 20.5 Å². The van der Waals surface area contributed by atoms with Crippen molar-refractivity contribution in [2.75, 3.05) is 11.4 Å². The first-order valence-corrected chi connectivity index (χ1v) is 10.5. The minimum atomic E-state index is -1.23. The highest BCUT2D eigenvalue weighted by Gasteiger charge is 2.24. The molecule has 3 aromatic rings. The minimum absolute atomic E-state index is 0.127. The quantitative estimate of drug-likeness (QED) is 0.154. The number of aliphatic carboxylic acids is 1. The van der Waals surface area contributed by atoms with Crippen LogP contribution >= 0.6 is 22.6 Å². The highest BCUT2D eigenvalue weighted by atomic mass is 127. The van der Waals surface area contributed by atoms with Crippen LogP contribution in [0.4, 0.5) is 11.4 Å². The van der Waals surface area contributed by atoms with Gasteiger partial charge in [-0.25, -0.2) is 4.98 Å². The van der Waals surface area contributed by atoms with Gasteiger partial charge in [-0.1, -0.05) is 23.2 Å². The zero-order valence-corrected chi connectivity index (χ0v) is 19.4. The molecule has 0 fully saturated rings. The standard InChI is InChI=1S/C23H16IN5O4/c1-14-4-2-6-16(26-14)9-8-15-5-3-7-17(10-15)29(13-22(31)32)23(33)18-11-19(24)20(27-28-25)12-21(18)30/h2-7,10-12,30H,13H2,1H3,(H,31,32). The van der Waals surface area contributed by atoms with Crippen molar-refractivity contribution in [3.8, 4) is 17.6 Å². The number of halogens is 1. The molecule has 0 aliphatic heterocycles. The molecule has 0 unspecified atom stereocenters. The first-order chi connectivity index (χ1) is 15.8. The Morgan fingerprint density at radius 1 is 1.18 bits per heavy atom. The van der Waals surface area contributed by atoms with Gasteiger partial charge in [0.2, 0.25) is 0 Å². The molecular formula is C23H16IN5O4. The van der Waals surface area contributed by atoms with E-state index >= 15 is 0 Å². The average molecular weight is 553 g/mol. The Balaban J connectivity index is 2.00. The summed E-state index contributed by atoms with van der Waals surface area (Å²) in [4.78, 5) is 32.7. The van der Waals surface area contributed by atoms with E-state index in [9.17, 15) is 19.8 Å². The zero-order valence-electron chi connectivity index (χ0n) is 17.2. The van der Waals surface area contributed by atoms with Gasteiger partial charge in [0.1, 0.15) is 18.0 Å². The third-order valence-corrected chi connectivity index (χ3v) is 5.23. The van der Waals surface area contributed by atoms with Gasteiger partial charge in [-0.3, -0.25) is 14.5 Å². The Morgan fingerprint density at radius 2 is 1.94 bits per heavy atom. The lowest BCUT2D eigenvalue weighted by Crippen LogP contribution is -2.35. The maximum atomic E-state index is 13.2. The highest BCUT2D eigenvalue weighted by Crippen LogP contribution is 2.32. The number of phenolic OH excluding ortho intramolecular Hbond substituents is 1. The van der Waals surface area contributed by atoms with Gasteiger partial charge in [0.15, 0.2) is 0 Å². The Hall–Kier alpha value is -4.07. The Morgan fingerprint density at radius 3 is 2.64 bits per heavy atom. The molecule has 33 heavy (non-hydrogen) atoms. The number of rotatable bonds is 5. The number of carboxylic acids is 1. The lowest BCUT2D eigenvalue weighted by atomic mass is 10.1. The van der Waals surface area contributed by atoms with Crippen molar-refractivity contribution in [1.29, 1.82) is 0 Å². The summed E-state index contributed by atoms with van der Waals surface area (Å²) in [5, 5.41) is 23.2. The van der Waals surface area contributed by atoms with Crippen LogP contribution in [0.2, 0.25) is 0 Å². The van der Waals surface area contributed by atoms with Crippen LogP contribution in [0.5, 0.6) is 5.75 Å². The predicted molar refractivity (Wildman–Crippen MR) is 130 cm³/mol. The highest BCUT2D eigenvalue weighted by molar-refractivity contribution is 14.1. The first kappa shape index (κ1) is 23.6. The normalized spacial score (nSPS) is 9.88. The lowest BCUT2D eigenvalue weighted by molar-refractivity contribution is -0.135. The molecule has 10 heteroatoms. The fourth-order valence-corrected chi connectivity index (χ4v) is 3.48. The van der Waals surface area contributed by atoms with Gasteiger partial charge in [0, 0.05) is 25.4 Å². The van der Waals surface area contributed by atoms with E-state index in [0.717, 1.165) is 16.7 Å². The van der Waals surface area contributed by atoms with Crippen LogP contribution in [0.25, 0.3) is 10.4 Å². The molecule has 0 saturated heterocycles. The van der Waals surface area contributed by atoms with Crippen molar-refractivity contribution in [2.45, 2.75) is 6.92 Å². The number of amides is 1. The van der Waals surface area contributed by atoms with Crippen molar-refractivity contribution in [2.24, 2.45) is 5.11 Å². The second kappa shape index (κ2) is 10.5. The largest absolute Gasteiger partial charge is 0.507 e. The van der Waals surface area contributed by atoms with E-state index in [1.165, 1.54) is 6.07 Å². The molecule has 9 nitrogen and oxygen atoms in total. The topological polar surface area (TPSA) is 139 Å². The van der Waals surface area contributed by atoms with Crippen LogP contribution in [0.15, 0.2) is 59.7 Å². The molecule has 1 heterocycles. The number of hydrogen-bond donors (Lipinski definition) is 2. The fourth-order valence-electron chi connectivity index (χ4n) is 2.91. The molecule has 164 valence electrons. The maximum absolute atomic E-state index is 13.2. The van der Waals surface area contributed by atoms with E-state index < -0.39 is 24.2 Å². The van der Waals surface area contributed by atoms with Crippen molar-refractivity contribution in [3.05, 3.63) is 91.1 Å². The minimum Gasteiger partial charge on any atom is -0.507 e. The van der Waals surface area contributed by atoms with Crippen LogP contribution in [0, 0.1) is 22.3 Å². The summed E-state index contributed by atoms with van der Waals surface area (Å²) in [5.74, 6) is 3.51. The molecule has 0 spiro atoms. The Kier molecular flexibility index (Phi) is 7.50. The van der Waals surface area contributed by atoms with Gasteiger partial charge in [-0.2, -0.15) is 0 Å². The lowest BCUT2D eigenvalue weighted by Gasteiger charge is -2.22. The first-order valence-electron chi connectivity index (χ1n) is 9.45. The van der Waals surface area contributed by atoms with E-state index in [-0.39, 0.29) is 11.3 Å². The number of hydrogen-bond acceptors (Lipinski definition) is 5. The number of carboxylic acid groups (broad SMARTS) is 1. The number of benzene rings is 2. The number of aromatic hydroxyl groups is 1. The van der Waals surface area contributed by atoms with Gasteiger partial charge < -0.3 is 10.2 Å². The van der Waals surface area contributed by atoms with Crippen molar-refractivity contribution < 1.29 is 19.8 Å². The van der Waals surface area contributed by atoms with Gasteiger partial charge in [0.05, 0.1) is 11.3 Å². The molecule has 3 rings (SSSR count). The van der Waals surface area contributed by atoms with Gasteiger partial charge in [0.25, 0.3) is 5.91 Å². The van der Waals surface area contributed by atoms with Crippen molar-refractivity contribution in [3.63, 3.8) is 0 Å². The van der Waals surface area contributed by atoms with Crippen LogP contribution in [-0.2, 0) is 4.79 Å². The van der Waals surface area contributed by atoms with Gasteiger partial charge in [-0.05, 0) is 83.4 Å². The molecule has 0 saturated carbocycles. The van der Waals surface area contributed by atoms with Gasteiger partial charge in [-0.15, -0.1) is 0 Å². The molecular weight excluding hydrogens is 537 g/mol. The second-order valence-electron chi connectivity index (χ2n) is 6.76. The summed E-state index contributed by atoms with van der Waals surface area (Å²) in [5.41, 5.74) is 10.9. The average Bonchev–Trinajstić information content (AvgIpc) is 2.78. The summed E-state index contributed by atoms with van der Waals surface area (Å²) in [7, 11) is 0. The molecule has 0 aliphatic rings. The summed E-state index contributed by atoms with van der Waals surface area (Å²) in [6.45, 7) is 1.22. The molecule has 0 radical (unpaired) electrons.